The minimum absolute atomic E-state index is 0.0847. The second-order valence-electron chi connectivity index (χ2n) is 11.2. The van der Waals surface area contributed by atoms with Crippen LogP contribution in [0.5, 0.6) is 0 Å². The van der Waals surface area contributed by atoms with Gasteiger partial charge in [0, 0.05) is 19.0 Å². The van der Waals surface area contributed by atoms with Gasteiger partial charge in [-0.05, 0) is 47.6 Å². The highest BCUT2D eigenvalue weighted by molar-refractivity contribution is 7.92. The van der Waals surface area contributed by atoms with Gasteiger partial charge in [0.1, 0.15) is 12.6 Å². The van der Waals surface area contributed by atoms with Gasteiger partial charge in [-0.2, -0.15) is 0 Å². The number of anilines is 1. The number of rotatable bonds is 12. The minimum atomic E-state index is -3.79. The number of hydrogen-bond acceptors (Lipinski definition) is 4. The lowest BCUT2D eigenvalue weighted by atomic mass is 10.0. The van der Waals surface area contributed by atoms with Crippen LogP contribution in [0, 0.1) is 0 Å². The van der Waals surface area contributed by atoms with Crippen molar-refractivity contribution in [3.05, 3.63) is 102 Å². The van der Waals surface area contributed by atoms with Gasteiger partial charge in [-0.25, -0.2) is 8.42 Å². The molecule has 1 saturated carbocycles. The molecule has 1 aliphatic rings. The molecule has 0 radical (unpaired) electrons. The first kappa shape index (κ1) is 30.3. The maximum atomic E-state index is 14.2. The second kappa shape index (κ2) is 13.8. The monoisotopic (exact) mass is 575 g/mol. The Bertz CT molecular complexity index is 1390. The van der Waals surface area contributed by atoms with Crippen LogP contribution in [0.25, 0.3) is 0 Å². The van der Waals surface area contributed by atoms with Gasteiger partial charge in [0.05, 0.1) is 11.9 Å². The number of carbonyl (C=O) groups is 2. The van der Waals surface area contributed by atoms with Crippen LogP contribution in [0.3, 0.4) is 0 Å². The molecule has 1 unspecified atom stereocenters. The molecule has 1 atom stereocenters. The summed E-state index contributed by atoms with van der Waals surface area (Å²) in [5, 5.41) is 3.19. The Hall–Kier alpha value is -3.65. The normalized spacial score (nSPS) is 14.5. The Balaban J connectivity index is 1.69. The SMILES string of the molecule is CC(C)c1ccc(N(CC(=O)N(Cc2ccccc2)C(Cc2ccccc2)C(=O)NC2CCCC2)S(C)(=O)=O)cc1. The summed E-state index contributed by atoms with van der Waals surface area (Å²) < 4.78 is 27.1. The van der Waals surface area contributed by atoms with E-state index < -0.39 is 28.5 Å². The Morgan fingerprint density at radius 2 is 1.41 bits per heavy atom. The fraction of sp³-hybridized carbons (Fsp3) is 0.394. The summed E-state index contributed by atoms with van der Waals surface area (Å²) in [5.74, 6) is -0.359. The van der Waals surface area contributed by atoms with Crippen LogP contribution in [0.1, 0.15) is 62.1 Å². The fourth-order valence-electron chi connectivity index (χ4n) is 5.34. The van der Waals surface area contributed by atoms with Crippen molar-refractivity contribution in [1.82, 2.24) is 10.2 Å². The number of amides is 2. The highest BCUT2D eigenvalue weighted by atomic mass is 32.2. The molecule has 0 saturated heterocycles. The highest BCUT2D eigenvalue weighted by Gasteiger charge is 2.34. The van der Waals surface area contributed by atoms with Crippen LogP contribution in [-0.4, -0.2) is 50.0 Å². The van der Waals surface area contributed by atoms with E-state index in [0.29, 0.717) is 12.1 Å². The lowest BCUT2D eigenvalue weighted by Crippen LogP contribution is -2.54. The number of nitrogens with zero attached hydrogens (tertiary/aromatic N) is 2. The Morgan fingerprint density at radius 3 is 1.95 bits per heavy atom. The van der Waals surface area contributed by atoms with Gasteiger partial charge in [0.2, 0.25) is 21.8 Å². The number of nitrogens with one attached hydrogen (secondary N) is 1. The lowest BCUT2D eigenvalue weighted by Gasteiger charge is -2.34. The second-order valence-corrected chi connectivity index (χ2v) is 13.1. The van der Waals surface area contributed by atoms with Crippen LogP contribution in [0.4, 0.5) is 5.69 Å². The molecule has 0 aliphatic heterocycles. The van der Waals surface area contributed by atoms with Crippen molar-refractivity contribution in [3.63, 3.8) is 0 Å². The summed E-state index contributed by atoms with van der Waals surface area (Å²) in [5.41, 5.74) is 3.28. The quantitative estimate of drug-likeness (QED) is 0.319. The molecule has 2 amide bonds. The van der Waals surface area contributed by atoms with Crippen molar-refractivity contribution in [1.29, 1.82) is 0 Å². The molecule has 0 spiro atoms. The third kappa shape index (κ3) is 8.43. The topological polar surface area (TPSA) is 86.8 Å². The summed E-state index contributed by atoms with van der Waals surface area (Å²) in [7, 11) is -3.79. The van der Waals surface area contributed by atoms with Crippen molar-refractivity contribution in [2.45, 2.75) is 70.5 Å². The number of hydrogen-bond donors (Lipinski definition) is 1. The van der Waals surface area contributed by atoms with Crippen LogP contribution >= 0.6 is 0 Å². The largest absolute Gasteiger partial charge is 0.352 e. The summed E-state index contributed by atoms with van der Waals surface area (Å²) in [6.07, 6.45) is 5.40. The highest BCUT2D eigenvalue weighted by Crippen LogP contribution is 2.24. The van der Waals surface area contributed by atoms with E-state index in [1.165, 1.54) is 0 Å². The molecule has 3 aromatic rings. The molecule has 7 nitrogen and oxygen atoms in total. The Morgan fingerprint density at radius 1 is 0.854 bits per heavy atom. The van der Waals surface area contributed by atoms with Gasteiger partial charge in [0.25, 0.3) is 0 Å². The standard InChI is InChI=1S/C33H41N3O4S/c1-25(2)28-18-20-30(21-19-28)36(41(3,39)40)24-32(37)35(23-27-14-8-5-9-15-27)31(22-26-12-6-4-7-13-26)33(38)34-29-16-10-11-17-29/h4-9,12-15,18-21,25,29,31H,10-11,16-17,22-24H2,1-3H3,(H,34,38). The van der Waals surface area contributed by atoms with E-state index in [2.05, 4.69) is 19.2 Å². The van der Waals surface area contributed by atoms with Gasteiger partial charge in [0.15, 0.2) is 0 Å². The third-order valence-electron chi connectivity index (χ3n) is 7.70. The van der Waals surface area contributed by atoms with E-state index in [9.17, 15) is 18.0 Å². The van der Waals surface area contributed by atoms with Gasteiger partial charge < -0.3 is 10.2 Å². The van der Waals surface area contributed by atoms with Crippen LogP contribution < -0.4 is 9.62 Å². The molecule has 0 heterocycles. The summed E-state index contributed by atoms with van der Waals surface area (Å²) in [6.45, 7) is 3.91. The maximum Gasteiger partial charge on any atom is 0.244 e. The predicted molar refractivity (Wildman–Crippen MR) is 164 cm³/mol. The van der Waals surface area contributed by atoms with Crippen molar-refractivity contribution < 1.29 is 18.0 Å². The molecule has 4 rings (SSSR count). The first-order valence-corrected chi connectivity index (χ1v) is 16.2. The van der Waals surface area contributed by atoms with Crippen molar-refractivity contribution in [2.75, 3.05) is 17.1 Å². The van der Waals surface area contributed by atoms with E-state index in [1.807, 2.05) is 72.8 Å². The number of sulfonamides is 1. The number of carbonyl (C=O) groups excluding carboxylic acids is 2. The van der Waals surface area contributed by atoms with Crippen molar-refractivity contribution in [2.24, 2.45) is 0 Å². The van der Waals surface area contributed by atoms with E-state index >= 15 is 0 Å². The molecular formula is C33H41N3O4S. The molecular weight excluding hydrogens is 534 g/mol. The van der Waals surface area contributed by atoms with E-state index in [4.69, 9.17) is 0 Å². The van der Waals surface area contributed by atoms with E-state index in [0.717, 1.165) is 52.9 Å². The molecule has 1 aliphatic carbocycles. The fourth-order valence-corrected chi connectivity index (χ4v) is 6.19. The molecule has 0 bridgehead atoms. The van der Waals surface area contributed by atoms with E-state index in [-0.39, 0.29) is 24.4 Å². The van der Waals surface area contributed by atoms with Crippen molar-refractivity contribution in [3.8, 4) is 0 Å². The summed E-state index contributed by atoms with van der Waals surface area (Å²) in [4.78, 5) is 29.6. The lowest BCUT2D eigenvalue weighted by molar-refractivity contribution is -0.140. The molecule has 1 fully saturated rings. The van der Waals surface area contributed by atoms with Crippen LogP contribution in [0.2, 0.25) is 0 Å². The van der Waals surface area contributed by atoms with Gasteiger partial charge >= 0.3 is 0 Å². The van der Waals surface area contributed by atoms with Crippen LogP contribution in [-0.2, 0) is 32.6 Å². The Labute approximate surface area is 244 Å². The average molecular weight is 576 g/mol. The summed E-state index contributed by atoms with van der Waals surface area (Å²) >= 11 is 0. The smallest absolute Gasteiger partial charge is 0.244 e. The summed E-state index contributed by atoms with van der Waals surface area (Å²) in [6, 6.07) is 25.7. The molecule has 8 heteroatoms. The third-order valence-corrected chi connectivity index (χ3v) is 8.84. The molecule has 41 heavy (non-hydrogen) atoms. The first-order chi connectivity index (χ1) is 19.6. The number of benzene rings is 3. The molecule has 218 valence electrons. The molecule has 1 N–H and O–H groups in total. The van der Waals surface area contributed by atoms with Gasteiger partial charge in [-0.3, -0.25) is 13.9 Å². The zero-order valence-corrected chi connectivity index (χ0v) is 25.0. The molecule has 0 aromatic heterocycles. The predicted octanol–water partition coefficient (Wildman–Crippen LogP) is 5.27. The Kier molecular flexibility index (Phi) is 10.2. The minimum Gasteiger partial charge on any atom is -0.352 e. The zero-order chi connectivity index (χ0) is 29.4. The maximum absolute atomic E-state index is 14.2. The first-order valence-electron chi connectivity index (χ1n) is 14.4. The zero-order valence-electron chi connectivity index (χ0n) is 24.2. The van der Waals surface area contributed by atoms with E-state index in [1.54, 1.807) is 17.0 Å². The van der Waals surface area contributed by atoms with Gasteiger partial charge in [-0.15, -0.1) is 0 Å². The molecule has 3 aromatic carbocycles. The van der Waals surface area contributed by atoms with Crippen molar-refractivity contribution >= 4 is 27.5 Å². The van der Waals surface area contributed by atoms with Gasteiger partial charge in [-0.1, -0.05) is 99.5 Å². The van der Waals surface area contributed by atoms with Crippen LogP contribution in [0.15, 0.2) is 84.9 Å². The average Bonchev–Trinajstić information content (AvgIpc) is 3.47.